The summed E-state index contributed by atoms with van der Waals surface area (Å²) in [6.45, 7) is 3.02. The Bertz CT molecular complexity index is 604. The topological polar surface area (TPSA) is 110 Å². The molecule has 0 unspecified atom stereocenters. The molecule has 0 saturated carbocycles. The molecule has 1 amide bonds. The van der Waals surface area contributed by atoms with E-state index in [0.717, 1.165) is 11.7 Å². The lowest BCUT2D eigenvalue weighted by molar-refractivity contribution is -0.146. The van der Waals surface area contributed by atoms with E-state index in [1.54, 1.807) is 0 Å². The average molecular weight is 281 g/mol. The molecule has 0 bridgehead atoms. The average Bonchev–Trinajstić information content (AvgIpc) is 2.99. The number of nitrogens with zero attached hydrogens (tertiary/aromatic N) is 4. The lowest BCUT2D eigenvalue weighted by Crippen LogP contribution is -2.35. The Labute approximate surface area is 112 Å². The first-order valence-corrected chi connectivity index (χ1v) is 6.02. The predicted molar refractivity (Wildman–Crippen MR) is 67.0 cm³/mol. The Morgan fingerprint density at radius 1 is 1.42 bits per heavy atom. The highest BCUT2D eigenvalue weighted by molar-refractivity contribution is 6.99. The number of aromatic nitrogens is 4. The molecular weight excluding hydrogens is 270 g/mol. The van der Waals surface area contributed by atoms with Crippen molar-refractivity contribution < 1.29 is 14.7 Å². The van der Waals surface area contributed by atoms with Gasteiger partial charge >= 0.3 is 5.97 Å². The maximum atomic E-state index is 11.7. The zero-order valence-corrected chi connectivity index (χ0v) is 11.0. The van der Waals surface area contributed by atoms with E-state index in [9.17, 15) is 9.59 Å². The van der Waals surface area contributed by atoms with Crippen molar-refractivity contribution in [3.05, 3.63) is 24.3 Å². The third-order valence-corrected chi connectivity index (χ3v) is 3.01. The van der Waals surface area contributed by atoms with Crippen molar-refractivity contribution in [2.75, 3.05) is 5.32 Å². The van der Waals surface area contributed by atoms with Crippen LogP contribution in [0.15, 0.2) is 18.6 Å². The Morgan fingerprint density at radius 3 is 2.74 bits per heavy atom. The van der Waals surface area contributed by atoms with Crippen LogP contribution in [0.25, 0.3) is 0 Å². The highest BCUT2D eigenvalue weighted by atomic mass is 32.1. The molecule has 100 valence electrons. The summed E-state index contributed by atoms with van der Waals surface area (Å²) in [4.78, 5) is 22.8. The van der Waals surface area contributed by atoms with E-state index in [2.05, 4.69) is 19.2 Å². The molecule has 2 aromatic heterocycles. The summed E-state index contributed by atoms with van der Waals surface area (Å²) < 4.78 is 8.79. The van der Waals surface area contributed by atoms with Gasteiger partial charge in [-0.2, -0.15) is 13.8 Å². The summed E-state index contributed by atoms with van der Waals surface area (Å²) in [5, 5.41) is 15.6. The highest BCUT2D eigenvalue weighted by Gasteiger charge is 2.30. The Balaban J connectivity index is 2.14. The van der Waals surface area contributed by atoms with Gasteiger partial charge in [0.25, 0.3) is 5.91 Å². The fourth-order valence-electron chi connectivity index (χ4n) is 1.25. The van der Waals surface area contributed by atoms with Crippen LogP contribution >= 0.6 is 11.7 Å². The van der Waals surface area contributed by atoms with Crippen molar-refractivity contribution in [1.29, 1.82) is 0 Å². The second-order valence-electron chi connectivity index (χ2n) is 4.28. The van der Waals surface area contributed by atoms with Crippen LogP contribution in [0.1, 0.15) is 24.3 Å². The fraction of sp³-hybridized carbons (Fsp3) is 0.300. The maximum Gasteiger partial charge on any atom is 0.331 e. The number of rotatable bonds is 4. The predicted octanol–water partition coefficient (Wildman–Crippen LogP) is 0.807. The summed E-state index contributed by atoms with van der Waals surface area (Å²) in [6.07, 6.45) is 4.18. The maximum absolute atomic E-state index is 11.7. The lowest BCUT2D eigenvalue weighted by Gasteiger charge is -2.19. The largest absolute Gasteiger partial charge is 0.479 e. The third kappa shape index (κ3) is 2.60. The second kappa shape index (κ2) is 4.76. The molecule has 2 heterocycles. The van der Waals surface area contributed by atoms with Crippen molar-refractivity contribution >= 4 is 29.3 Å². The zero-order chi connectivity index (χ0) is 14.0. The molecule has 0 aliphatic rings. The number of aliphatic carboxylic acids is 1. The van der Waals surface area contributed by atoms with Gasteiger partial charge in [-0.25, -0.2) is 4.79 Å². The van der Waals surface area contributed by atoms with Gasteiger partial charge in [0.1, 0.15) is 0 Å². The summed E-state index contributed by atoms with van der Waals surface area (Å²) >= 11 is 0.932. The van der Waals surface area contributed by atoms with Crippen molar-refractivity contribution in [2.45, 2.75) is 19.4 Å². The van der Waals surface area contributed by atoms with E-state index >= 15 is 0 Å². The summed E-state index contributed by atoms with van der Waals surface area (Å²) in [6, 6.07) is 0. The first kappa shape index (κ1) is 13.1. The molecule has 0 atom stereocenters. The SMILES string of the molecule is CC(C)(C(=O)O)n1cc(NC(=O)c2cnsn2)cn1. The molecule has 0 fully saturated rings. The van der Waals surface area contributed by atoms with Crippen LogP contribution in [0.5, 0.6) is 0 Å². The molecule has 19 heavy (non-hydrogen) atoms. The van der Waals surface area contributed by atoms with Crippen LogP contribution in [-0.2, 0) is 10.3 Å². The number of hydrogen-bond donors (Lipinski definition) is 2. The summed E-state index contributed by atoms with van der Waals surface area (Å²) in [5.74, 6) is -1.43. The van der Waals surface area contributed by atoms with Gasteiger partial charge in [-0.05, 0) is 13.8 Å². The van der Waals surface area contributed by atoms with Crippen LogP contribution in [0.4, 0.5) is 5.69 Å². The van der Waals surface area contributed by atoms with E-state index < -0.39 is 17.4 Å². The summed E-state index contributed by atoms with van der Waals surface area (Å²) in [5.41, 5.74) is -0.590. The van der Waals surface area contributed by atoms with Gasteiger partial charge in [-0.1, -0.05) is 0 Å². The Kier molecular flexibility index (Phi) is 3.30. The van der Waals surface area contributed by atoms with Crippen LogP contribution < -0.4 is 5.32 Å². The normalized spacial score (nSPS) is 11.3. The first-order valence-electron chi connectivity index (χ1n) is 5.28. The van der Waals surface area contributed by atoms with Gasteiger partial charge in [0.2, 0.25) is 0 Å². The number of anilines is 1. The van der Waals surface area contributed by atoms with Crippen LogP contribution in [-0.4, -0.2) is 35.5 Å². The Hall–Kier alpha value is -2.29. The molecule has 2 rings (SSSR count). The third-order valence-electron chi connectivity index (χ3n) is 2.53. The second-order valence-corrected chi connectivity index (χ2v) is 4.84. The van der Waals surface area contributed by atoms with Crippen molar-refractivity contribution in [1.82, 2.24) is 18.5 Å². The number of carboxylic acids is 1. The molecule has 0 spiro atoms. The van der Waals surface area contributed by atoms with Gasteiger partial charge in [-0.3, -0.25) is 9.48 Å². The van der Waals surface area contributed by atoms with Gasteiger partial charge in [0.05, 0.1) is 29.8 Å². The molecule has 2 aromatic rings. The molecule has 0 saturated heterocycles. The van der Waals surface area contributed by atoms with Crippen molar-refractivity contribution in [2.24, 2.45) is 0 Å². The molecule has 9 heteroatoms. The van der Waals surface area contributed by atoms with Crippen molar-refractivity contribution in [3.8, 4) is 0 Å². The lowest BCUT2D eigenvalue weighted by atomic mass is 10.1. The molecule has 0 aliphatic carbocycles. The standard InChI is InChI=1S/C10H11N5O3S/c1-10(2,9(17)18)15-5-6(3-11-15)13-8(16)7-4-12-19-14-7/h3-5H,1-2H3,(H,13,16)(H,17,18). The minimum atomic E-state index is -1.19. The number of nitrogens with one attached hydrogen (secondary N) is 1. The van der Waals surface area contributed by atoms with E-state index in [-0.39, 0.29) is 5.69 Å². The van der Waals surface area contributed by atoms with Crippen molar-refractivity contribution in [3.63, 3.8) is 0 Å². The summed E-state index contributed by atoms with van der Waals surface area (Å²) in [7, 11) is 0. The molecule has 0 aliphatic heterocycles. The Morgan fingerprint density at radius 2 is 2.16 bits per heavy atom. The first-order chi connectivity index (χ1) is 8.91. The van der Waals surface area contributed by atoms with Crippen LogP contribution in [0.2, 0.25) is 0 Å². The monoisotopic (exact) mass is 281 g/mol. The van der Waals surface area contributed by atoms with E-state index in [0.29, 0.717) is 5.69 Å². The molecular formula is C10H11N5O3S. The fourth-order valence-corrected chi connectivity index (χ4v) is 1.66. The van der Waals surface area contributed by atoms with Crippen LogP contribution in [0, 0.1) is 0 Å². The molecule has 8 nitrogen and oxygen atoms in total. The van der Waals surface area contributed by atoms with E-state index in [1.807, 2.05) is 0 Å². The minimum absolute atomic E-state index is 0.204. The smallest absolute Gasteiger partial charge is 0.331 e. The number of carboxylic acid groups (broad SMARTS) is 1. The quantitative estimate of drug-likeness (QED) is 0.858. The highest BCUT2D eigenvalue weighted by Crippen LogP contribution is 2.17. The van der Waals surface area contributed by atoms with Gasteiger partial charge in [0, 0.05) is 6.20 Å². The van der Waals surface area contributed by atoms with Gasteiger partial charge in [-0.15, -0.1) is 0 Å². The minimum Gasteiger partial charge on any atom is -0.479 e. The van der Waals surface area contributed by atoms with Gasteiger partial charge in [0.15, 0.2) is 11.2 Å². The zero-order valence-electron chi connectivity index (χ0n) is 10.2. The molecule has 2 N–H and O–H groups in total. The number of carbonyl (C=O) groups is 2. The molecule has 0 aromatic carbocycles. The van der Waals surface area contributed by atoms with Crippen LogP contribution in [0.3, 0.4) is 0 Å². The van der Waals surface area contributed by atoms with E-state index in [1.165, 1.54) is 37.1 Å². The number of carbonyl (C=O) groups excluding carboxylic acids is 1. The molecule has 0 radical (unpaired) electrons. The number of amides is 1. The number of hydrogen-bond acceptors (Lipinski definition) is 6. The van der Waals surface area contributed by atoms with Gasteiger partial charge < -0.3 is 10.4 Å². The van der Waals surface area contributed by atoms with E-state index in [4.69, 9.17) is 5.11 Å².